The Morgan fingerprint density at radius 2 is 2.11 bits per heavy atom. The minimum atomic E-state index is -0.198. The number of allylic oxidation sites excluding steroid dienone is 1. The number of anilines is 1. The lowest BCUT2D eigenvalue weighted by Crippen LogP contribution is -2.11. The minimum Gasteiger partial charge on any atom is -0.298 e. The molecule has 140 valence electrons. The van der Waals surface area contributed by atoms with Crippen LogP contribution in [0.5, 0.6) is 0 Å². The Bertz CT molecular complexity index is 1250. The number of nitrogens with zero attached hydrogens (tertiary/aromatic N) is 3. The molecule has 0 bridgehead atoms. The lowest BCUT2D eigenvalue weighted by atomic mass is 10.1. The summed E-state index contributed by atoms with van der Waals surface area (Å²) in [6.07, 6.45) is 1.76. The molecule has 0 radical (unpaired) electrons. The second kappa shape index (κ2) is 7.49. The van der Waals surface area contributed by atoms with E-state index in [9.17, 15) is 4.79 Å². The summed E-state index contributed by atoms with van der Waals surface area (Å²) in [5.41, 5.74) is 1.36. The van der Waals surface area contributed by atoms with Crippen molar-refractivity contribution in [2.24, 2.45) is 0 Å². The van der Waals surface area contributed by atoms with Gasteiger partial charge in [-0.15, -0.1) is 6.58 Å². The number of aromatic amines is 1. The van der Waals surface area contributed by atoms with Gasteiger partial charge in [0.1, 0.15) is 0 Å². The maximum Gasteiger partial charge on any atom is 0.257 e. The molecule has 0 aliphatic heterocycles. The fraction of sp³-hybridized carbons (Fsp3) is 0.100. The Morgan fingerprint density at radius 1 is 1.32 bits per heavy atom. The van der Waals surface area contributed by atoms with Crippen LogP contribution in [0.2, 0.25) is 0 Å². The van der Waals surface area contributed by atoms with E-state index >= 15 is 0 Å². The summed E-state index contributed by atoms with van der Waals surface area (Å²) in [4.78, 5) is 18.0. The lowest BCUT2D eigenvalue weighted by molar-refractivity contribution is 0.102. The Labute approximate surface area is 170 Å². The molecule has 8 heteroatoms. The van der Waals surface area contributed by atoms with E-state index in [2.05, 4.69) is 27.1 Å². The molecule has 2 N–H and O–H groups in total. The van der Waals surface area contributed by atoms with Gasteiger partial charge in [0.2, 0.25) is 0 Å². The number of fused-ring (bicyclic) bond motifs is 1. The first-order valence-corrected chi connectivity index (χ1v) is 9.83. The predicted octanol–water partition coefficient (Wildman–Crippen LogP) is 4.96. The van der Waals surface area contributed by atoms with Crippen LogP contribution in [0.4, 0.5) is 5.13 Å². The first kappa shape index (κ1) is 18.3. The number of H-pyrrole nitrogens is 1. The monoisotopic (exact) mass is 407 g/mol. The average molecular weight is 408 g/mol. The number of thiazole rings is 1. The van der Waals surface area contributed by atoms with Crippen molar-refractivity contribution in [3.8, 4) is 10.7 Å². The Balaban J connectivity index is 1.62. The number of carbonyl (C=O) groups excluding carboxylic acids is 1. The van der Waals surface area contributed by atoms with Gasteiger partial charge in [0.05, 0.1) is 10.6 Å². The van der Waals surface area contributed by atoms with Gasteiger partial charge in [0.25, 0.3) is 5.91 Å². The van der Waals surface area contributed by atoms with Crippen molar-refractivity contribution in [1.29, 1.82) is 0 Å². The van der Waals surface area contributed by atoms with Crippen LogP contribution in [-0.4, -0.2) is 25.7 Å². The summed E-state index contributed by atoms with van der Waals surface area (Å²) in [7, 11) is 0. The van der Waals surface area contributed by atoms with E-state index in [4.69, 9.17) is 12.2 Å². The number of carbonyl (C=O) groups is 1. The molecule has 4 rings (SSSR count). The van der Waals surface area contributed by atoms with Crippen LogP contribution in [0.25, 0.3) is 21.5 Å². The summed E-state index contributed by atoms with van der Waals surface area (Å²) < 4.78 is 2.36. The second-order valence-electron chi connectivity index (χ2n) is 6.20. The molecule has 4 aromatic rings. The number of amides is 1. The number of nitrogens with one attached hydrogen (secondary N) is 2. The zero-order valence-electron chi connectivity index (χ0n) is 15.1. The Kier molecular flexibility index (Phi) is 4.89. The third kappa shape index (κ3) is 3.39. The molecule has 0 saturated heterocycles. The number of benzene rings is 2. The summed E-state index contributed by atoms with van der Waals surface area (Å²) in [6.45, 7) is 6.18. The van der Waals surface area contributed by atoms with E-state index in [0.717, 1.165) is 21.3 Å². The largest absolute Gasteiger partial charge is 0.298 e. The zero-order valence-corrected chi connectivity index (χ0v) is 16.7. The van der Waals surface area contributed by atoms with Gasteiger partial charge in [-0.05, 0) is 42.0 Å². The number of hydrogen-bond donors (Lipinski definition) is 2. The highest BCUT2D eigenvalue weighted by molar-refractivity contribution is 7.71. The standard InChI is InChI=1S/C20H17N5OS2/c1-3-10-25-17(23-24-20(25)27)16-12(2)21-19(28-16)22-18(26)15-9-8-13-6-4-5-7-14(13)11-15/h3-9,11H,1,10H2,2H3,(H,24,27)(H,21,22,26). The minimum absolute atomic E-state index is 0.198. The highest BCUT2D eigenvalue weighted by atomic mass is 32.1. The van der Waals surface area contributed by atoms with Gasteiger partial charge in [0, 0.05) is 12.1 Å². The van der Waals surface area contributed by atoms with Crippen molar-refractivity contribution < 1.29 is 4.79 Å². The van der Waals surface area contributed by atoms with Gasteiger partial charge in [-0.25, -0.2) is 4.98 Å². The molecular weight excluding hydrogens is 390 g/mol. The van der Waals surface area contributed by atoms with E-state index in [1.54, 1.807) is 6.08 Å². The first-order chi connectivity index (χ1) is 13.6. The van der Waals surface area contributed by atoms with Crippen molar-refractivity contribution in [2.45, 2.75) is 13.5 Å². The van der Waals surface area contributed by atoms with Gasteiger partial charge < -0.3 is 0 Å². The molecule has 0 unspecified atom stereocenters. The smallest absolute Gasteiger partial charge is 0.257 e. The summed E-state index contributed by atoms with van der Waals surface area (Å²) in [6, 6.07) is 13.6. The fourth-order valence-electron chi connectivity index (χ4n) is 2.95. The summed E-state index contributed by atoms with van der Waals surface area (Å²) in [5.74, 6) is 0.488. The van der Waals surface area contributed by atoms with Crippen molar-refractivity contribution >= 4 is 45.4 Å². The molecule has 2 aromatic carbocycles. The van der Waals surface area contributed by atoms with Crippen molar-refractivity contribution in [1.82, 2.24) is 19.7 Å². The van der Waals surface area contributed by atoms with Crippen LogP contribution in [-0.2, 0) is 6.54 Å². The third-order valence-electron chi connectivity index (χ3n) is 4.30. The molecule has 0 saturated carbocycles. The molecule has 2 aromatic heterocycles. The van der Waals surface area contributed by atoms with Crippen LogP contribution >= 0.6 is 23.6 Å². The molecule has 0 aliphatic carbocycles. The Morgan fingerprint density at radius 3 is 2.89 bits per heavy atom. The number of hydrogen-bond acceptors (Lipinski definition) is 5. The van der Waals surface area contributed by atoms with Gasteiger partial charge >= 0.3 is 0 Å². The topological polar surface area (TPSA) is 75.6 Å². The van der Waals surface area contributed by atoms with Gasteiger partial charge in [-0.1, -0.05) is 47.7 Å². The van der Waals surface area contributed by atoms with Crippen molar-refractivity contribution in [3.05, 3.63) is 71.1 Å². The molecule has 0 fully saturated rings. The van der Waals surface area contributed by atoms with E-state index in [1.807, 2.05) is 54.0 Å². The predicted molar refractivity (Wildman–Crippen MR) is 115 cm³/mol. The van der Waals surface area contributed by atoms with Gasteiger partial charge in [-0.2, -0.15) is 5.10 Å². The van der Waals surface area contributed by atoms with E-state index in [1.165, 1.54) is 11.3 Å². The summed E-state index contributed by atoms with van der Waals surface area (Å²) >= 11 is 6.64. The van der Waals surface area contributed by atoms with Crippen LogP contribution in [0.3, 0.4) is 0 Å². The van der Waals surface area contributed by atoms with Crippen molar-refractivity contribution in [3.63, 3.8) is 0 Å². The molecule has 1 amide bonds. The molecule has 0 aliphatic rings. The van der Waals surface area contributed by atoms with Crippen molar-refractivity contribution in [2.75, 3.05) is 5.32 Å². The van der Waals surface area contributed by atoms with Crippen LogP contribution in [0.15, 0.2) is 55.1 Å². The third-order valence-corrected chi connectivity index (χ3v) is 5.68. The van der Waals surface area contributed by atoms with Crippen LogP contribution in [0, 0.1) is 11.7 Å². The molecule has 2 heterocycles. The van der Waals surface area contributed by atoms with Gasteiger partial charge in [0.15, 0.2) is 15.7 Å². The maximum atomic E-state index is 12.7. The number of aryl methyl sites for hydroxylation is 1. The lowest BCUT2D eigenvalue weighted by Gasteiger charge is -2.04. The van der Waals surface area contributed by atoms with Gasteiger partial charge in [-0.3, -0.25) is 19.8 Å². The molecule has 6 nitrogen and oxygen atoms in total. The number of rotatable bonds is 5. The van der Waals surface area contributed by atoms with Crippen LogP contribution in [0.1, 0.15) is 16.1 Å². The SMILES string of the molecule is C=CCn1c(-c2sc(NC(=O)c3ccc4ccccc4c3)nc2C)n[nH]c1=S. The quantitative estimate of drug-likeness (QED) is 0.362. The summed E-state index contributed by atoms with van der Waals surface area (Å²) in [5, 5.41) is 12.6. The molecule has 0 atom stereocenters. The Hall–Kier alpha value is -3.10. The normalized spacial score (nSPS) is 10.9. The number of aromatic nitrogens is 4. The van der Waals surface area contributed by atoms with Crippen LogP contribution < -0.4 is 5.32 Å². The maximum absolute atomic E-state index is 12.7. The van der Waals surface area contributed by atoms with E-state index < -0.39 is 0 Å². The van der Waals surface area contributed by atoms with E-state index in [0.29, 0.717) is 27.8 Å². The average Bonchev–Trinajstić information content (AvgIpc) is 3.24. The molecule has 0 spiro atoms. The fourth-order valence-corrected chi connectivity index (χ4v) is 4.11. The molecule has 28 heavy (non-hydrogen) atoms. The van der Waals surface area contributed by atoms with E-state index in [-0.39, 0.29) is 5.91 Å². The zero-order chi connectivity index (χ0) is 19.7. The first-order valence-electron chi connectivity index (χ1n) is 8.61. The second-order valence-corrected chi connectivity index (χ2v) is 7.59. The highest BCUT2D eigenvalue weighted by Crippen LogP contribution is 2.32. The highest BCUT2D eigenvalue weighted by Gasteiger charge is 2.17. The molecular formula is C20H17N5OS2.